The van der Waals surface area contributed by atoms with E-state index in [0.29, 0.717) is 5.69 Å². The van der Waals surface area contributed by atoms with Gasteiger partial charge in [-0.3, -0.25) is 4.79 Å². The number of nitrogens with zero attached hydrogens (tertiary/aromatic N) is 2. The van der Waals surface area contributed by atoms with Crippen molar-refractivity contribution in [2.45, 2.75) is 13.5 Å². The molecule has 0 unspecified atom stereocenters. The second-order valence-corrected chi connectivity index (χ2v) is 4.60. The summed E-state index contributed by atoms with van der Waals surface area (Å²) in [5.74, 6) is -0.755. The molecule has 2 rings (SSSR count). The van der Waals surface area contributed by atoms with Crippen molar-refractivity contribution in [3.63, 3.8) is 0 Å². The van der Waals surface area contributed by atoms with Crippen LogP contribution in [0.15, 0.2) is 42.6 Å². The smallest absolute Gasteiger partial charge is 0.362 e. The molecule has 0 fully saturated rings. The molecule has 0 aliphatic heterocycles. The van der Waals surface area contributed by atoms with Crippen molar-refractivity contribution in [2.24, 2.45) is 0 Å². The molecule has 0 saturated heterocycles. The van der Waals surface area contributed by atoms with Crippen molar-refractivity contribution >= 4 is 17.6 Å². The zero-order valence-electron chi connectivity index (χ0n) is 12.6. The number of esters is 1. The van der Waals surface area contributed by atoms with Crippen molar-refractivity contribution < 1.29 is 24.3 Å². The topological polar surface area (TPSA) is 121 Å². The third-order valence-electron chi connectivity index (χ3n) is 2.80. The molecule has 124 valence electrons. The summed E-state index contributed by atoms with van der Waals surface area (Å²) in [5, 5.41) is 11.9. The molecular weight excluding hydrogens is 318 g/mol. The summed E-state index contributed by atoms with van der Waals surface area (Å²) in [7, 11) is 0. The van der Waals surface area contributed by atoms with E-state index < -0.39 is 17.7 Å². The van der Waals surface area contributed by atoms with Crippen LogP contribution in [-0.4, -0.2) is 21.9 Å². The summed E-state index contributed by atoms with van der Waals surface area (Å²) in [6.45, 7) is 0.969. The van der Waals surface area contributed by atoms with Crippen molar-refractivity contribution in [1.82, 2.24) is 4.98 Å². The minimum Gasteiger partial charge on any atom is -0.422 e. The molecule has 1 aromatic carbocycles. The molecule has 0 atom stereocenters. The molecule has 0 spiro atoms. The summed E-state index contributed by atoms with van der Waals surface area (Å²) in [4.78, 5) is 41.5. The first-order chi connectivity index (χ1) is 11.5. The highest BCUT2D eigenvalue weighted by molar-refractivity contribution is 5.91. The van der Waals surface area contributed by atoms with Gasteiger partial charge in [0.25, 0.3) is 5.09 Å². The molecule has 0 saturated carbocycles. The number of anilines is 1. The average molecular weight is 331 g/mol. The number of pyridine rings is 1. The van der Waals surface area contributed by atoms with Crippen LogP contribution in [0.3, 0.4) is 0 Å². The van der Waals surface area contributed by atoms with Crippen LogP contribution in [0.25, 0.3) is 0 Å². The maximum absolute atomic E-state index is 12.2. The first-order valence-corrected chi connectivity index (χ1v) is 6.76. The molecule has 9 heteroatoms. The number of benzene rings is 1. The van der Waals surface area contributed by atoms with Gasteiger partial charge in [-0.15, -0.1) is 10.1 Å². The Hall–Kier alpha value is -3.49. The first kappa shape index (κ1) is 16.9. The Morgan fingerprint density at radius 2 is 1.96 bits per heavy atom. The molecule has 0 radical (unpaired) electrons. The normalized spacial score (nSPS) is 9.88. The van der Waals surface area contributed by atoms with E-state index in [4.69, 9.17) is 4.74 Å². The van der Waals surface area contributed by atoms with Gasteiger partial charge in [0.05, 0.1) is 0 Å². The predicted molar refractivity (Wildman–Crippen MR) is 81.7 cm³/mol. The standard InChI is InChI=1S/C15H13N3O6/c1-10(19)17-12-4-6-13(7-5-12)24-15(20)14-11(3-2-8-16-14)9-23-18(21)22/h2-8H,9H2,1H3,(H,17,19). The Balaban J connectivity index is 2.09. The molecule has 24 heavy (non-hydrogen) atoms. The van der Waals surface area contributed by atoms with Gasteiger partial charge in [0.2, 0.25) is 5.91 Å². The molecule has 2 aromatic rings. The number of carbonyl (C=O) groups excluding carboxylic acids is 2. The number of nitrogens with one attached hydrogen (secondary N) is 1. The van der Waals surface area contributed by atoms with Crippen LogP contribution in [0.1, 0.15) is 23.0 Å². The highest BCUT2D eigenvalue weighted by atomic mass is 16.9. The van der Waals surface area contributed by atoms with E-state index in [1.165, 1.54) is 37.4 Å². The fourth-order valence-electron chi connectivity index (χ4n) is 1.83. The van der Waals surface area contributed by atoms with Crippen molar-refractivity contribution in [3.05, 3.63) is 64.0 Å². The number of amides is 1. The van der Waals surface area contributed by atoms with Gasteiger partial charge >= 0.3 is 5.97 Å². The fourth-order valence-corrected chi connectivity index (χ4v) is 1.83. The Morgan fingerprint density at radius 3 is 2.58 bits per heavy atom. The van der Waals surface area contributed by atoms with Crippen molar-refractivity contribution in [2.75, 3.05) is 5.32 Å². The van der Waals surface area contributed by atoms with E-state index in [1.807, 2.05) is 0 Å². The number of aromatic nitrogens is 1. The summed E-state index contributed by atoms with van der Waals surface area (Å²) < 4.78 is 5.17. The molecule has 0 aliphatic carbocycles. The van der Waals surface area contributed by atoms with Gasteiger partial charge in [0.1, 0.15) is 12.4 Å². The maximum atomic E-state index is 12.2. The maximum Gasteiger partial charge on any atom is 0.362 e. The van der Waals surface area contributed by atoms with Gasteiger partial charge in [-0.2, -0.15) is 0 Å². The zero-order valence-corrected chi connectivity index (χ0v) is 12.6. The Labute approximate surface area is 136 Å². The lowest BCUT2D eigenvalue weighted by atomic mass is 10.2. The molecule has 1 N–H and O–H groups in total. The highest BCUT2D eigenvalue weighted by Gasteiger charge is 2.16. The largest absolute Gasteiger partial charge is 0.422 e. The molecule has 1 heterocycles. The zero-order chi connectivity index (χ0) is 17.5. The van der Waals surface area contributed by atoms with Gasteiger partial charge in [-0.25, -0.2) is 9.78 Å². The van der Waals surface area contributed by atoms with Crippen LogP contribution in [0.5, 0.6) is 5.75 Å². The average Bonchev–Trinajstić information content (AvgIpc) is 2.54. The third kappa shape index (κ3) is 4.77. The van der Waals surface area contributed by atoms with E-state index in [9.17, 15) is 19.7 Å². The second-order valence-electron chi connectivity index (χ2n) is 4.60. The summed E-state index contributed by atoms with van der Waals surface area (Å²) in [5.41, 5.74) is 0.708. The van der Waals surface area contributed by atoms with Gasteiger partial charge < -0.3 is 14.9 Å². The van der Waals surface area contributed by atoms with Crippen LogP contribution in [0.2, 0.25) is 0 Å². The van der Waals surface area contributed by atoms with Gasteiger partial charge in [0, 0.05) is 24.4 Å². The first-order valence-electron chi connectivity index (χ1n) is 6.76. The number of ether oxygens (including phenoxy) is 1. The molecular formula is C15H13N3O6. The van der Waals surface area contributed by atoms with Crippen LogP contribution in [-0.2, 0) is 16.2 Å². The van der Waals surface area contributed by atoms with E-state index in [2.05, 4.69) is 15.1 Å². The minimum absolute atomic E-state index is 0.0784. The minimum atomic E-state index is -0.955. The quantitative estimate of drug-likeness (QED) is 0.372. The monoisotopic (exact) mass is 331 g/mol. The van der Waals surface area contributed by atoms with E-state index >= 15 is 0 Å². The van der Waals surface area contributed by atoms with Crippen molar-refractivity contribution in [3.8, 4) is 5.75 Å². The lowest BCUT2D eigenvalue weighted by Gasteiger charge is -2.08. The highest BCUT2D eigenvalue weighted by Crippen LogP contribution is 2.18. The van der Waals surface area contributed by atoms with Gasteiger partial charge in [-0.05, 0) is 30.3 Å². The Bertz CT molecular complexity index is 760. The van der Waals surface area contributed by atoms with Crippen LogP contribution >= 0.6 is 0 Å². The molecule has 9 nitrogen and oxygen atoms in total. The summed E-state index contributed by atoms with van der Waals surface area (Å²) in [6.07, 6.45) is 1.37. The van der Waals surface area contributed by atoms with E-state index in [1.54, 1.807) is 12.1 Å². The van der Waals surface area contributed by atoms with Gasteiger partial charge in [-0.1, -0.05) is 6.07 Å². The molecule has 0 aliphatic rings. The third-order valence-corrected chi connectivity index (χ3v) is 2.80. The summed E-state index contributed by atoms with van der Waals surface area (Å²) >= 11 is 0. The SMILES string of the molecule is CC(=O)Nc1ccc(OC(=O)c2ncccc2CO[N+](=O)[O-])cc1. The lowest BCUT2D eigenvalue weighted by molar-refractivity contribution is -0.763. The summed E-state index contributed by atoms with van der Waals surface area (Å²) in [6, 6.07) is 9.14. The molecule has 0 bridgehead atoms. The molecule has 1 aromatic heterocycles. The lowest BCUT2D eigenvalue weighted by Crippen LogP contribution is -2.15. The Kier molecular flexibility index (Phi) is 5.40. The van der Waals surface area contributed by atoms with Gasteiger partial charge in [0.15, 0.2) is 5.69 Å². The number of carbonyl (C=O) groups is 2. The fraction of sp³-hybridized carbons (Fsp3) is 0.133. The number of hydrogen-bond acceptors (Lipinski definition) is 7. The molecule has 1 amide bonds. The predicted octanol–water partition coefficient (Wildman–Crippen LogP) is 1.97. The van der Waals surface area contributed by atoms with Crippen LogP contribution in [0, 0.1) is 10.1 Å². The van der Waals surface area contributed by atoms with E-state index in [0.717, 1.165) is 0 Å². The number of hydrogen-bond donors (Lipinski definition) is 1. The second kappa shape index (κ2) is 7.68. The van der Waals surface area contributed by atoms with E-state index in [-0.39, 0.29) is 22.9 Å². The van der Waals surface area contributed by atoms with Crippen LogP contribution in [0.4, 0.5) is 5.69 Å². The number of rotatable bonds is 6. The van der Waals surface area contributed by atoms with Crippen molar-refractivity contribution in [1.29, 1.82) is 0 Å². The Morgan fingerprint density at radius 1 is 1.25 bits per heavy atom. The van der Waals surface area contributed by atoms with Crippen LogP contribution < -0.4 is 10.1 Å².